The summed E-state index contributed by atoms with van der Waals surface area (Å²) in [7, 11) is 1.53. The Morgan fingerprint density at radius 1 is 1.19 bits per heavy atom. The minimum absolute atomic E-state index is 0.0139. The van der Waals surface area contributed by atoms with E-state index in [1.807, 2.05) is 24.3 Å². The molecular formula is C11H14N2O2S. The van der Waals surface area contributed by atoms with Gasteiger partial charge in [0, 0.05) is 11.9 Å². The number of likely N-dealkylation sites (N-methyl/N-ethyl adjacent to an activating group) is 1. The topological polar surface area (TPSA) is 58.2 Å². The summed E-state index contributed by atoms with van der Waals surface area (Å²) in [5.74, 6) is -0.380. The molecule has 0 atom stereocenters. The fourth-order valence-electron chi connectivity index (χ4n) is 1.13. The molecule has 0 bridgehead atoms. The summed E-state index contributed by atoms with van der Waals surface area (Å²) < 4.78 is 0. The number of thiol groups is 1. The van der Waals surface area contributed by atoms with Crippen molar-refractivity contribution in [2.45, 2.75) is 11.3 Å². The Balaban J connectivity index is 2.40. The summed E-state index contributed by atoms with van der Waals surface area (Å²) >= 11 is 4.15. The third kappa shape index (κ3) is 4.35. The average molecular weight is 238 g/mol. The van der Waals surface area contributed by atoms with Crippen LogP contribution in [0.1, 0.15) is 5.56 Å². The first kappa shape index (κ1) is 12.6. The monoisotopic (exact) mass is 238 g/mol. The number of benzene rings is 1. The maximum Gasteiger partial charge on any atom is 0.239 e. The molecule has 0 aliphatic rings. The minimum atomic E-state index is -0.209. The molecule has 0 saturated carbocycles. The molecule has 2 amide bonds. The van der Waals surface area contributed by atoms with Gasteiger partial charge in [-0.15, -0.1) is 12.6 Å². The minimum Gasteiger partial charge on any atom is -0.358 e. The molecule has 5 heteroatoms. The van der Waals surface area contributed by atoms with Gasteiger partial charge in [0.25, 0.3) is 0 Å². The number of nitrogens with one attached hydrogen (secondary N) is 2. The second kappa shape index (κ2) is 6.17. The fraction of sp³-hybridized carbons (Fsp3) is 0.273. The first-order valence-electron chi connectivity index (χ1n) is 4.87. The lowest BCUT2D eigenvalue weighted by molar-refractivity contribution is -0.125. The highest BCUT2D eigenvalue weighted by Gasteiger charge is 2.04. The van der Waals surface area contributed by atoms with E-state index in [9.17, 15) is 9.59 Å². The lowest BCUT2D eigenvalue weighted by Gasteiger charge is -2.04. The lowest BCUT2D eigenvalue weighted by Crippen LogP contribution is -2.35. The molecule has 0 aliphatic heterocycles. The van der Waals surface area contributed by atoms with Crippen LogP contribution in [0, 0.1) is 0 Å². The maximum absolute atomic E-state index is 11.4. The summed E-state index contributed by atoms with van der Waals surface area (Å²) in [5.41, 5.74) is 0.896. The van der Waals surface area contributed by atoms with Crippen molar-refractivity contribution in [3.05, 3.63) is 29.8 Å². The van der Waals surface area contributed by atoms with E-state index < -0.39 is 0 Å². The Labute approximate surface area is 99.8 Å². The zero-order valence-electron chi connectivity index (χ0n) is 8.99. The van der Waals surface area contributed by atoms with E-state index in [4.69, 9.17) is 0 Å². The van der Waals surface area contributed by atoms with Gasteiger partial charge in [0.05, 0.1) is 13.0 Å². The summed E-state index contributed by atoms with van der Waals surface area (Å²) in [6.45, 7) is 0.0139. The van der Waals surface area contributed by atoms with Gasteiger partial charge >= 0.3 is 0 Å². The first-order valence-corrected chi connectivity index (χ1v) is 5.31. The SMILES string of the molecule is CNC(=O)CNC(=O)Cc1ccc(S)cc1. The number of amides is 2. The van der Waals surface area contributed by atoms with Crippen LogP contribution in [0.4, 0.5) is 0 Å². The van der Waals surface area contributed by atoms with E-state index in [2.05, 4.69) is 23.3 Å². The number of carbonyl (C=O) groups excluding carboxylic acids is 2. The molecule has 0 saturated heterocycles. The van der Waals surface area contributed by atoms with Gasteiger partial charge in [0.2, 0.25) is 11.8 Å². The molecule has 1 aromatic carbocycles. The molecule has 0 unspecified atom stereocenters. The van der Waals surface area contributed by atoms with Crippen molar-refractivity contribution < 1.29 is 9.59 Å². The molecule has 86 valence electrons. The molecule has 0 aromatic heterocycles. The second-order valence-electron chi connectivity index (χ2n) is 3.29. The van der Waals surface area contributed by atoms with Gasteiger partial charge in [0.1, 0.15) is 0 Å². The van der Waals surface area contributed by atoms with Crippen LogP contribution in [0.15, 0.2) is 29.2 Å². The summed E-state index contributed by atoms with van der Waals surface area (Å²) in [5, 5.41) is 4.95. The van der Waals surface area contributed by atoms with Gasteiger partial charge in [-0.25, -0.2) is 0 Å². The smallest absolute Gasteiger partial charge is 0.239 e. The van der Waals surface area contributed by atoms with E-state index in [0.29, 0.717) is 0 Å². The third-order valence-electron chi connectivity index (χ3n) is 2.03. The number of rotatable bonds is 4. The largest absolute Gasteiger partial charge is 0.358 e. The van der Waals surface area contributed by atoms with Crippen LogP contribution < -0.4 is 10.6 Å². The Morgan fingerprint density at radius 2 is 1.81 bits per heavy atom. The van der Waals surface area contributed by atoms with Gasteiger partial charge in [-0.2, -0.15) is 0 Å². The van der Waals surface area contributed by atoms with Crippen LogP contribution >= 0.6 is 12.6 Å². The quantitative estimate of drug-likeness (QED) is 0.664. The molecule has 2 N–H and O–H groups in total. The van der Waals surface area contributed by atoms with Crippen LogP contribution in [0.2, 0.25) is 0 Å². The highest BCUT2D eigenvalue weighted by Crippen LogP contribution is 2.07. The molecule has 16 heavy (non-hydrogen) atoms. The number of hydrogen-bond acceptors (Lipinski definition) is 3. The Morgan fingerprint density at radius 3 is 2.38 bits per heavy atom. The molecule has 0 aliphatic carbocycles. The summed E-state index contributed by atoms with van der Waals surface area (Å²) in [4.78, 5) is 23.1. The van der Waals surface area contributed by atoms with Gasteiger partial charge in [-0.1, -0.05) is 12.1 Å². The fourth-order valence-corrected chi connectivity index (χ4v) is 1.28. The van der Waals surface area contributed by atoms with Crippen molar-refractivity contribution >= 4 is 24.4 Å². The second-order valence-corrected chi connectivity index (χ2v) is 3.81. The molecular weight excluding hydrogens is 224 g/mol. The van der Waals surface area contributed by atoms with E-state index in [1.54, 1.807) is 0 Å². The predicted molar refractivity (Wildman–Crippen MR) is 64.5 cm³/mol. The Hall–Kier alpha value is -1.49. The van der Waals surface area contributed by atoms with Crippen LogP contribution in [0.3, 0.4) is 0 Å². The highest BCUT2D eigenvalue weighted by molar-refractivity contribution is 7.80. The van der Waals surface area contributed by atoms with Crippen LogP contribution in [0.25, 0.3) is 0 Å². The molecule has 4 nitrogen and oxygen atoms in total. The number of carbonyl (C=O) groups is 2. The maximum atomic E-state index is 11.4. The van der Waals surface area contributed by atoms with Gasteiger partial charge < -0.3 is 10.6 Å². The molecule has 0 heterocycles. The molecule has 0 fully saturated rings. The zero-order chi connectivity index (χ0) is 12.0. The zero-order valence-corrected chi connectivity index (χ0v) is 9.88. The Kier molecular flexibility index (Phi) is 4.85. The van der Waals surface area contributed by atoms with Crippen molar-refractivity contribution in [1.82, 2.24) is 10.6 Å². The van der Waals surface area contributed by atoms with Crippen LogP contribution in [-0.2, 0) is 16.0 Å². The van der Waals surface area contributed by atoms with E-state index in [-0.39, 0.29) is 24.8 Å². The van der Waals surface area contributed by atoms with Crippen LogP contribution in [0.5, 0.6) is 0 Å². The summed E-state index contributed by atoms with van der Waals surface area (Å²) in [6, 6.07) is 7.32. The molecule has 1 aromatic rings. The average Bonchev–Trinajstić information content (AvgIpc) is 2.29. The predicted octanol–water partition coefficient (Wildman–Crippen LogP) is 0.380. The van der Waals surface area contributed by atoms with E-state index in [0.717, 1.165) is 10.5 Å². The molecule has 0 radical (unpaired) electrons. The normalized spacial score (nSPS) is 9.62. The van der Waals surface area contributed by atoms with Crippen molar-refractivity contribution in [1.29, 1.82) is 0 Å². The van der Waals surface area contributed by atoms with E-state index >= 15 is 0 Å². The van der Waals surface area contributed by atoms with Crippen molar-refractivity contribution in [2.75, 3.05) is 13.6 Å². The summed E-state index contributed by atoms with van der Waals surface area (Å²) in [6.07, 6.45) is 0.269. The highest BCUT2D eigenvalue weighted by atomic mass is 32.1. The standard InChI is InChI=1S/C11H14N2O2S/c1-12-11(15)7-13-10(14)6-8-2-4-9(16)5-3-8/h2-5,16H,6-7H2,1H3,(H,12,15)(H,13,14). The van der Waals surface area contributed by atoms with Crippen molar-refractivity contribution in [2.24, 2.45) is 0 Å². The van der Waals surface area contributed by atoms with Gasteiger partial charge in [0.15, 0.2) is 0 Å². The van der Waals surface area contributed by atoms with Crippen molar-refractivity contribution in [3.8, 4) is 0 Å². The molecule has 1 rings (SSSR count). The molecule has 0 spiro atoms. The van der Waals surface area contributed by atoms with Crippen molar-refractivity contribution in [3.63, 3.8) is 0 Å². The van der Waals surface area contributed by atoms with Gasteiger partial charge in [-0.3, -0.25) is 9.59 Å². The lowest BCUT2D eigenvalue weighted by atomic mass is 10.1. The van der Waals surface area contributed by atoms with E-state index in [1.165, 1.54) is 7.05 Å². The van der Waals surface area contributed by atoms with Crippen LogP contribution in [-0.4, -0.2) is 25.4 Å². The van der Waals surface area contributed by atoms with Gasteiger partial charge in [-0.05, 0) is 17.7 Å². The first-order chi connectivity index (χ1) is 7.61. The Bertz CT molecular complexity index is 376. The number of hydrogen-bond donors (Lipinski definition) is 3. The third-order valence-corrected chi connectivity index (χ3v) is 2.32.